The molecule has 2 aliphatic heterocycles. The van der Waals surface area contributed by atoms with Crippen LogP contribution in [-0.2, 0) is 20.9 Å². The molecule has 1 unspecified atom stereocenters. The van der Waals surface area contributed by atoms with Gasteiger partial charge in [0.1, 0.15) is 17.3 Å². The number of amidine groups is 1. The zero-order chi connectivity index (χ0) is 26.5. The summed E-state index contributed by atoms with van der Waals surface area (Å²) in [6.07, 6.45) is 0.560. The first-order valence-electron chi connectivity index (χ1n) is 11.7. The van der Waals surface area contributed by atoms with Crippen LogP contribution in [0.2, 0.25) is 0 Å². The number of methoxy groups -OCH3 is 3. The molecule has 4 rings (SSSR count). The molecule has 2 heterocycles. The molecule has 0 bridgehead atoms. The first kappa shape index (κ1) is 26.3. The minimum Gasteiger partial charge on any atom is -0.497 e. The van der Waals surface area contributed by atoms with Crippen LogP contribution in [0.5, 0.6) is 11.5 Å². The molecule has 0 saturated carbocycles. The van der Waals surface area contributed by atoms with Crippen molar-refractivity contribution in [2.45, 2.75) is 32.4 Å². The molecule has 194 valence electrons. The summed E-state index contributed by atoms with van der Waals surface area (Å²) in [7, 11) is 4.46. The van der Waals surface area contributed by atoms with Crippen LogP contribution >= 0.6 is 11.8 Å². The number of hydrogen-bond acceptors (Lipinski definition) is 8. The number of hydrogen-bond donors (Lipinski definition) is 1. The summed E-state index contributed by atoms with van der Waals surface area (Å²) in [5.74, 6) is 0.0859. The van der Waals surface area contributed by atoms with Crippen LogP contribution in [0.4, 0.5) is 4.39 Å². The number of ether oxygens (including phenoxy) is 3. The highest BCUT2D eigenvalue weighted by Gasteiger charge is 2.42. The highest BCUT2D eigenvalue weighted by Crippen LogP contribution is 2.48. The second-order valence-electron chi connectivity index (χ2n) is 8.29. The minimum absolute atomic E-state index is 0.0475. The Morgan fingerprint density at radius 1 is 1.11 bits per heavy atom. The minimum atomic E-state index is -0.647. The third-order valence-corrected chi connectivity index (χ3v) is 6.99. The predicted molar refractivity (Wildman–Crippen MR) is 139 cm³/mol. The number of nitrogens with zero attached hydrogens (tertiary/aromatic N) is 2. The van der Waals surface area contributed by atoms with Crippen LogP contribution in [0.3, 0.4) is 0 Å². The number of rotatable bonds is 9. The van der Waals surface area contributed by atoms with Crippen molar-refractivity contribution < 1.29 is 28.2 Å². The van der Waals surface area contributed by atoms with E-state index in [2.05, 4.69) is 5.32 Å². The number of amides is 1. The van der Waals surface area contributed by atoms with Gasteiger partial charge in [-0.3, -0.25) is 4.79 Å². The van der Waals surface area contributed by atoms with Crippen molar-refractivity contribution in [3.05, 3.63) is 81.8 Å². The first-order valence-corrected chi connectivity index (χ1v) is 12.6. The number of nitrogens with one attached hydrogen (secondary N) is 1. The predicted octanol–water partition coefficient (Wildman–Crippen LogP) is 4.69. The lowest BCUT2D eigenvalue weighted by Crippen LogP contribution is -2.38. The lowest BCUT2D eigenvalue weighted by molar-refractivity contribution is -0.136. The Balaban J connectivity index is 1.69. The van der Waals surface area contributed by atoms with E-state index in [0.29, 0.717) is 45.6 Å². The monoisotopic (exact) mass is 525 g/mol. The van der Waals surface area contributed by atoms with Gasteiger partial charge in [0.15, 0.2) is 5.17 Å². The second kappa shape index (κ2) is 11.5. The van der Waals surface area contributed by atoms with Crippen LogP contribution < -0.4 is 14.8 Å². The van der Waals surface area contributed by atoms with Gasteiger partial charge in [0.25, 0.3) is 0 Å². The van der Waals surface area contributed by atoms with E-state index in [0.717, 1.165) is 5.56 Å². The SMILES string of the molecule is CCC1=C(C(=O)OC)C(c2cc(OC)ccc2OC)N2C(CC(=O)NCc3ccc(F)cc3)=CSC2=N1. The van der Waals surface area contributed by atoms with E-state index >= 15 is 0 Å². The molecule has 0 saturated heterocycles. The van der Waals surface area contributed by atoms with Gasteiger partial charge in [-0.15, -0.1) is 0 Å². The summed E-state index contributed by atoms with van der Waals surface area (Å²) < 4.78 is 29.5. The molecule has 2 aromatic rings. The number of benzene rings is 2. The van der Waals surface area contributed by atoms with Gasteiger partial charge in [-0.25, -0.2) is 14.2 Å². The van der Waals surface area contributed by atoms with E-state index in [1.807, 2.05) is 23.3 Å². The fourth-order valence-electron chi connectivity index (χ4n) is 4.29. The number of esters is 1. The molecule has 0 fully saturated rings. The zero-order valence-corrected chi connectivity index (χ0v) is 21.9. The van der Waals surface area contributed by atoms with Gasteiger partial charge in [-0.05, 0) is 47.7 Å². The van der Waals surface area contributed by atoms with Gasteiger partial charge in [0.2, 0.25) is 5.91 Å². The number of aliphatic imine (C=N–C) groups is 1. The van der Waals surface area contributed by atoms with Crippen LogP contribution in [0, 0.1) is 5.82 Å². The second-order valence-corrected chi connectivity index (χ2v) is 9.12. The maximum Gasteiger partial charge on any atom is 0.338 e. The average Bonchev–Trinajstić information content (AvgIpc) is 3.32. The van der Waals surface area contributed by atoms with E-state index in [1.165, 1.54) is 31.0 Å². The van der Waals surface area contributed by atoms with Crippen LogP contribution in [0.15, 0.2) is 69.8 Å². The van der Waals surface area contributed by atoms with Gasteiger partial charge < -0.3 is 24.4 Å². The molecule has 1 amide bonds. The Kier molecular flexibility index (Phi) is 8.17. The van der Waals surface area contributed by atoms with Crippen molar-refractivity contribution in [3.63, 3.8) is 0 Å². The topological polar surface area (TPSA) is 89.5 Å². The highest BCUT2D eigenvalue weighted by molar-refractivity contribution is 8.16. The summed E-state index contributed by atoms with van der Waals surface area (Å²) in [6.45, 7) is 2.19. The maximum atomic E-state index is 13.2. The number of thioether (sulfide) groups is 1. The Bertz CT molecular complexity index is 1290. The number of allylic oxidation sites excluding steroid dienone is 1. The largest absolute Gasteiger partial charge is 0.497 e. The summed E-state index contributed by atoms with van der Waals surface area (Å²) in [4.78, 5) is 32.6. The molecule has 1 atom stereocenters. The normalized spacial score (nSPS) is 16.6. The van der Waals surface area contributed by atoms with Crippen LogP contribution in [-0.4, -0.2) is 43.3 Å². The van der Waals surface area contributed by atoms with Gasteiger partial charge >= 0.3 is 5.97 Å². The standard InChI is InChI=1S/C27H28FN3O5S/c1-5-21-24(26(33)36-4)25(20-13-19(34-2)10-11-22(20)35-3)31-18(15-37-27(31)30-21)12-23(32)29-14-16-6-8-17(28)9-7-16/h6-11,13,15,25H,5,12,14H2,1-4H3,(H,29,32). The highest BCUT2D eigenvalue weighted by atomic mass is 32.2. The lowest BCUT2D eigenvalue weighted by Gasteiger charge is -2.37. The quantitative estimate of drug-likeness (QED) is 0.475. The number of halogens is 1. The van der Waals surface area contributed by atoms with E-state index in [-0.39, 0.29) is 24.7 Å². The summed E-state index contributed by atoms with van der Waals surface area (Å²) >= 11 is 1.39. The molecule has 8 nitrogen and oxygen atoms in total. The molecule has 2 aromatic carbocycles. The van der Waals surface area contributed by atoms with Gasteiger partial charge in [0.05, 0.1) is 45.1 Å². The summed E-state index contributed by atoms with van der Waals surface area (Å²) in [6, 6.07) is 10.7. The molecule has 0 radical (unpaired) electrons. The van der Waals surface area contributed by atoms with Gasteiger partial charge in [0, 0.05) is 17.8 Å². The summed E-state index contributed by atoms with van der Waals surface area (Å²) in [5, 5.41) is 5.39. The molecular weight excluding hydrogens is 497 g/mol. The molecule has 0 aliphatic carbocycles. The lowest BCUT2D eigenvalue weighted by atomic mass is 9.92. The van der Waals surface area contributed by atoms with Crippen molar-refractivity contribution in [3.8, 4) is 11.5 Å². The number of fused-ring (bicyclic) bond motifs is 1. The molecular formula is C27H28FN3O5S. The van der Waals surface area contributed by atoms with Crippen molar-refractivity contribution >= 4 is 28.8 Å². The van der Waals surface area contributed by atoms with Crippen molar-refractivity contribution in [1.82, 2.24) is 10.2 Å². The fourth-order valence-corrected chi connectivity index (χ4v) is 5.23. The first-order chi connectivity index (χ1) is 17.9. The Morgan fingerprint density at radius 3 is 2.51 bits per heavy atom. The number of carbonyl (C=O) groups excluding carboxylic acids is 2. The molecule has 10 heteroatoms. The molecule has 1 N–H and O–H groups in total. The zero-order valence-electron chi connectivity index (χ0n) is 21.0. The van der Waals surface area contributed by atoms with E-state index in [1.54, 1.807) is 38.5 Å². The molecule has 2 aliphatic rings. The molecule has 0 spiro atoms. The molecule has 0 aromatic heterocycles. The summed E-state index contributed by atoms with van der Waals surface area (Å²) in [5.41, 5.74) is 3.12. The van der Waals surface area contributed by atoms with Crippen LogP contribution in [0.1, 0.15) is 36.9 Å². The Hall–Kier alpha value is -3.79. The van der Waals surface area contributed by atoms with E-state index < -0.39 is 12.0 Å². The van der Waals surface area contributed by atoms with Crippen molar-refractivity contribution in [2.24, 2.45) is 4.99 Å². The van der Waals surface area contributed by atoms with Gasteiger partial charge in [-0.1, -0.05) is 30.8 Å². The third-order valence-electron chi connectivity index (χ3n) is 6.11. The van der Waals surface area contributed by atoms with Crippen molar-refractivity contribution in [2.75, 3.05) is 21.3 Å². The smallest absolute Gasteiger partial charge is 0.338 e. The van der Waals surface area contributed by atoms with E-state index in [4.69, 9.17) is 19.2 Å². The van der Waals surface area contributed by atoms with Crippen molar-refractivity contribution in [1.29, 1.82) is 0 Å². The Morgan fingerprint density at radius 2 is 1.86 bits per heavy atom. The Labute approximate surface area is 219 Å². The van der Waals surface area contributed by atoms with Gasteiger partial charge in [-0.2, -0.15) is 0 Å². The third kappa shape index (κ3) is 5.48. The maximum absolute atomic E-state index is 13.2. The van der Waals surface area contributed by atoms with Crippen LogP contribution in [0.25, 0.3) is 0 Å². The number of carbonyl (C=O) groups is 2. The molecule has 37 heavy (non-hydrogen) atoms. The average molecular weight is 526 g/mol. The fraction of sp³-hybridized carbons (Fsp3) is 0.296. The van der Waals surface area contributed by atoms with E-state index in [9.17, 15) is 14.0 Å².